The van der Waals surface area contributed by atoms with E-state index in [0.29, 0.717) is 36.2 Å². The highest BCUT2D eigenvalue weighted by Gasteiger charge is 2.35. The molecule has 6 heteroatoms. The van der Waals surface area contributed by atoms with Gasteiger partial charge in [-0.05, 0) is 32.0 Å². The van der Waals surface area contributed by atoms with Crippen LogP contribution in [0.4, 0.5) is 0 Å². The molecule has 2 unspecified atom stereocenters. The van der Waals surface area contributed by atoms with Crippen LogP contribution in [0.15, 0.2) is 29.1 Å². The number of fused-ring (bicyclic) bond motifs is 1. The Morgan fingerprint density at radius 2 is 2.24 bits per heavy atom. The van der Waals surface area contributed by atoms with Crippen molar-refractivity contribution in [2.24, 2.45) is 5.92 Å². The second-order valence-corrected chi connectivity index (χ2v) is 5.47. The Kier molecular flexibility index (Phi) is 3.47. The zero-order valence-electron chi connectivity index (χ0n) is 11.7. The number of benzene rings is 1. The lowest BCUT2D eigenvalue weighted by atomic mass is 10.0. The SMILES string of the molecule is CC1C(C(=O)O)CCN1Cc1nc2ccccc2c(=O)[nH]1. The molecule has 6 nitrogen and oxygen atoms in total. The van der Waals surface area contributed by atoms with Crippen LogP contribution < -0.4 is 5.56 Å². The van der Waals surface area contributed by atoms with Crippen molar-refractivity contribution in [2.75, 3.05) is 6.54 Å². The minimum Gasteiger partial charge on any atom is -0.481 e. The minimum atomic E-state index is -0.759. The average molecular weight is 287 g/mol. The van der Waals surface area contributed by atoms with Crippen LogP contribution >= 0.6 is 0 Å². The Bertz CT molecular complexity index is 740. The molecule has 1 aromatic heterocycles. The van der Waals surface area contributed by atoms with Crippen LogP contribution in [0.3, 0.4) is 0 Å². The summed E-state index contributed by atoms with van der Waals surface area (Å²) in [6.07, 6.45) is 0.633. The van der Waals surface area contributed by atoms with Gasteiger partial charge in [0.1, 0.15) is 5.82 Å². The van der Waals surface area contributed by atoms with Crippen LogP contribution in [0.25, 0.3) is 10.9 Å². The lowest BCUT2D eigenvalue weighted by Gasteiger charge is -2.22. The Morgan fingerprint density at radius 3 is 2.95 bits per heavy atom. The molecular formula is C15H17N3O3. The highest BCUT2D eigenvalue weighted by molar-refractivity contribution is 5.77. The maximum Gasteiger partial charge on any atom is 0.308 e. The van der Waals surface area contributed by atoms with Crippen molar-refractivity contribution in [3.05, 3.63) is 40.4 Å². The maximum atomic E-state index is 12.0. The molecule has 1 aliphatic heterocycles. The van der Waals surface area contributed by atoms with E-state index in [-0.39, 0.29) is 17.5 Å². The van der Waals surface area contributed by atoms with Gasteiger partial charge in [-0.3, -0.25) is 14.5 Å². The van der Waals surface area contributed by atoms with Gasteiger partial charge < -0.3 is 10.1 Å². The Balaban J connectivity index is 1.86. The van der Waals surface area contributed by atoms with Crippen LogP contribution in [0, 0.1) is 5.92 Å². The van der Waals surface area contributed by atoms with Gasteiger partial charge in [0, 0.05) is 6.04 Å². The van der Waals surface area contributed by atoms with Crippen LogP contribution in [-0.2, 0) is 11.3 Å². The second kappa shape index (κ2) is 5.29. The number of nitrogens with zero attached hydrogens (tertiary/aromatic N) is 2. The Labute approximate surface area is 121 Å². The summed E-state index contributed by atoms with van der Waals surface area (Å²) in [5, 5.41) is 9.72. The standard InChI is InChI=1S/C15H17N3O3/c1-9-10(15(20)21)6-7-18(9)8-13-16-12-5-3-2-4-11(12)14(19)17-13/h2-5,9-10H,6-8H2,1H3,(H,20,21)(H,16,17,19). The predicted octanol–water partition coefficient (Wildman–Crippen LogP) is 1.22. The number of carboxylic acid groups (broad SMARTS) is 1. The van der Waals surface area contributed by atoms with E-state index in [9.17, 15) is 9.59 Å². The molecule has 1 saturated heterocycles. The van der Waals surface area contributed by atoms with E-state index in [1.807, 2.05) is 24.0 Å². The number of aromatic amines is 1. The molecule has 1 aliphatic rings. The zero-order valence-corrected chi connectivity index (χ0v) is 11.7. The molecule has 1 aromatic carbocycles. The van der Waals surface area contributed by atoms with Crippen LogP contribution in [-0.4, -0.2) is 38.5 Å². The van der Waals surface area contributed by atoms with E-state index in [4.69, 9.17) is 5.11 Å². The van der Waals surface area contributed by atoms with Crippen molar-refractivity contribution in [1.29, 1.82) is 0 Å². The van der Waals surface area contributed by atoms with Crippen molar-refractivity contribution < 1.29 is 9.90 Å². The summed E-state index contributed by atoms with van der Waals surface area (Å²) in [5.74, 6) is -0.529. The maximum absolute atomic E-state index is 12.0. The highest BCUT2D eigenvalue weighted by Crippen LogP contribution is 2.25. The molecule has 0 radical (unpaired) electrons. The summed E-state index contributed by atoms with van der Waals surface area (Å²) in [7, 11) is 0. The summed E-state index contributed by atoms with van der Waals surface area (Å²) in [6, 6.07) is 7.14. The van der Waals surface area contributed by atoms with E-state index in [2.05, 4.69) is 9.97 Å². The van der Waals surface area contributed by atoms with E-state index in [0.717, 1.165) is 0 Å². The molecule has 0 amide bonds. The fourth-order valence-corrected chi connectivity index (χ4v) is 2.96. The smallest absolute Gasteiger partial charge is 0.308 e. The molecule has 0 spiro atoms. The van der Waals surface area contributed by atoms with Gasteiger partial charge in [0.2, 0.25) is 0 Å². The number of carbonyl (C=O) groups is 1. The number of hydrogen-bond donors (Lipinski definition) is 2. The number of carboxylic acids is 1. The number of aromatic nitrogens is 2. The molecule has 0 bridgehead atoms. The Hall–Kier alpha value is -2.21. The van der Waals surface area contributed by atoms with Gasteiger partial charge in [0.15, 0.2) is 0 Å². The fourth-order valence-electron chi connectivity index (χ4n) is 2.96. The van der Waals surface area contributed by atoms with Crippen molar-refractivity contribution in [3.63, 3.8) is 0 Å². The molecular weight excluding hydrogens is 270 g/mol. The number of para-hydroxylation sites is 1. The van der Waals surface area contributed by atoms with E-state index in [1.54, 1.807) is 12.1 Å². The summed E-state index contributed by atoms with van der Waals surface area (Å²) >= 11 is 0. The first-order valence-corrected chi connectivity index (χ1v) is 7.01. The van der Waals surface area contributed by atoms with Crippen molar-refractivity contribution in [1.82, 2.24) is 14.9 Å². The summed E-state index contributed by atoms with van der Waals surface area (Å²) < 4.78 is 0. The van der Waals surface area contributed by atoms with Gasteiger partial charge in [-0.15, -0.1) is 0 Å². The normalized spacial score (nSPS) is 22.7. The number of rotatable bonds is 3. The lowest BCUT2D eigenvalue weighted by molar-refractivity contribution is -0.142. The first kappa shape index (κ1) is 13.8. The van der Waals surface area contributed by atoms with E-state index >= 15 is 0 Å². The van der Waals surface area contributed by atoms with Crippen molar-refractivity contribution >= 4 is 16.9 Å². The van der Waals surface area contributed by atoms with Gasteiger partial charge in [0.25, 0.3) is 5.56 Å². The van der Waals surface area contributed by atoms with Gasteiger partial charge >= 0.3 is 5.97 Å². The molecule has 2 atom stereocenters. The number of likely N-dealkylation sites (tertiary alicyclic amines) is 1. The van der Waals surface area contributed by atoms with Crippen molar-refractivity contribution in [2.45, 2.75) is 25.9 Å². The minimum absolute atomic E-state index is 0.0562. The molecule has 1 fully saturated rings. The summed E-state index contributed by atoms with van der Waals surface area (Å²) in [4.78, 5) is 32.5. The van der Waals surface area contributed by atoms with Crippen molar-refractivity contribution in [3.8, 4) is 0 Å². The number of H-pyrrole nitrogens is 1. The average Bonchev–Trinajstić information content (AvgIpc) is 2.80. The molecule has 21 heavy (non-hydrogen) atoms. The molecule has 0 saturated carbocycles. The lowest BCUT2D eigenvalue weighted by Crippen LogP contribution is -2.33. The summed E-state index contributed by atoms with van der Waals surface area (Å²) in [6.45, 7) is 3.07. The third-order valence-corrected chi connectivity index (χ3v) is 4.22. The third-order valence-electron chi connectivity index (χ3n) is 4.22. The largest absolute Gasteiger partial charge is 0.481 e. The fraction of sp³-hybridized carbons (Fsp3) is 0.400. The van der Waals surface area contributed by atoms with Crippen LogP contribution in [0.5, 0.6) is 0 Å². The molecule has 2 heterocycles. The Morgan fingerprint density at radius 1 is 1.48 bits per heavy atom. The van der Waals surface area contributed by atoms with Gasteiger partial charge in [-0.2, -0.15) is 0 Å². The molecule has 0 aliphatic carbocycles. The molecule has 3 rings (SSSR count). The van der Waals surface area contributed by atoms with E-state index < -0.39 is 5.97 Å². The molecule has 2 N–H and O–H groups in total. The second-order valence-electron chi connectivity index (χ2n) is 5.47. The first-order chi connectivity index (χ1) is 10.1. The first-order valence-electron chi connectivity index (χ1n) is 7.01. The van der Waals surface area contributed by atoms with Gasteiger partial charge in [-0.1, -0.05) is 12.1 Å². The number of aliphatic carboxylic acids is 1. The highest BCUT2D eigenvalue weighted by atomic mass is 16.4. The predicted molar refractivity (Wildman–Crippen MR) is 78.0 cm³/mol. The number of nitrogens with one attached hydrogen (secondary N) is 1. The van der Waals surface area contributed by atoms with E-state index in [1.165, 1.54) is 0 Å². The van der Waals surface area contributed by atoms with Crippen LogP contribution in [0.1, 0.15) is 19.2 Å². The van der Waals surface area contributed by atoms with Gasteiger partial charge in [0.05, 0.1) is 23.4 Å². The van der Waals surface area contributed by atoms with Crippen LogP contribution in [0.2, 0.25) is 0 Å². The van der Waals surface area contributed by atoms with Gasteiger partial charge in [-0.25, -0.2) is 4.98 Å². The zero-order chi connectivity index (χ0) is 15.0. The molecule has 2 aromatic rings. The topological polar surface area (TPSA) is 86.3 Å². The molecule has 110 valence electrons. The quantitative estimate of drug-likeness (QED) is 0.886. The third kappa shape index (κ3) is 2.54. The number of hydrogen-bond acceptors (Lipinski definition) is 4. The summed E-state index contributed by atoms with van der Waals surface area (Å²) in [5.41, 5.74) is 0.509. The monoisotopic (exact) mass is 287 g/mol.